The van der Waals surface area contributed by atoms with Crippen molar-refractivity contribution < 1.29 is 38.8 Å². The largest absolute Gasteiger partial charge is 0.497 e. The maximum absolute atomic E-state index is 14.0. The Hall–Kier alpha value is -3.89. The van der Waals surface area contributed by atoms with E-state index in [9.17, 15) is 24.6 Å². The summed E-state index contributed by atoms with van der Waals surface area (Å²) in [6.07, 6.45) is 6.53. The average molecular weight is 607 g/mol. The Kier molecular flexibility index (Phi) is 10.2. The Bertz CT molecular complexity index is 1390. The maximum atomic E-state index is 14.0. The van der Waals surface area contributed by atoms with Crippen molar-refractivity contribution in [2.75, 3.05) is 33.9 Å². The molecule has 1 heterocycles. The second-order valence-corrected chi connectivity index (χ2v) is 11.8. The van der Waals surface area contributed by atoms with Gasteiger partial charge in [-0.3, -0.25) is 14.4 Å². The second-order valence-electron chi connectivity index (χ2n) is 11.8. The fraction of sp³-hybridized carbons (Fsp3) is 0.500. The summed E-state index contributed by atoms with van der Waals surface area (Å²) in [6, 6.07) is 9.99. The molecule has 1 aliphatic heterocycles. The average Bonchev–Trinajstić information content (AvgIpc) is 3.72. The van der Waals surface area contributed by atoms with E-state index in [0.717, 1.165) is 24.8 Å². The number of aliphatic hydroxyl groups excluding tert-OH is 2. The Morgan fingerprint density at radius 3 is 2.64 bits per heavy atom. The highest BCUT2D eigenvalue weighted by Gasteiger charge is 2.51. The molecule has 0 saturated heterocycles. The lowest BCUT2D eigenvalue weighted by atomic mass is 9.77. The van der Waals surface area contributed by atoms with Gasteiger partial charge in [-0.25, -0.2) is 0 Å². The molecular formula is C34H42N2O8. The minimum Gasteiger partial charge on any atom is -0.497 e. The van der Waals surface area contributed by atoms with Gasteiger partial charge in [-0.2, -0.15) is 0 Å². The van der Waals surface area contributed by atoms with Crippen molar-refractivity contribution in [3.05, 3.63) is 64.7 Å². The molecule has 236 valence electrons. The molecule has 2 aliphatic carbocycles. The molecule has 10 nitrogen and oxygen atoms in total. The standard InChI is InChI=1S/C34H42N2O8/c1-42-24-9-5-8-22(16-24)12-14-36(29(39)11-10-21-6-3-4-7-21)27-19-26(34(41)35-13-15-37)30-25-17-23(20-38)18-28(43-2)32(25)44-33(30)31(27)40/h5,8-9,16-21,27,30-31,33,37,40H,3-4,6-7,10-15H2,1-2H3,(H,35,41)/t27-,30+,31+,33+/m1/s1. The molecular weight excluding hydrogens is 564 g/mol. The van der Waals surface area contributed by atoms with Gasteiger partial charge in [0, 0.05) is 36.2 Å². The van der Waals surface area contributed by atoms with E-state index in [1.165, 1.54) is 20.0 Å². The normalized spacial score (nSPS) is 22.3. The molecule has 2 aromatic rings. The van der Waals surface area contributed by atoms with E-state index in [-0.39, 0.29) is 19.1 Å². The van der Waals surface area contributed by atoms with E-state index < -0.39 is 30.1 Å². The molecule has 3 N–H and O–H groups in total. The van der Waals surface area contributed by atoms with Crippen LogP contribution in [0.25, 0.3) is 0 Å². The first-order valence-electron chi connectivity index (χ1n) is 15.4. The summed E-state index contributed by atoms with van der Waals surface area (Å²) in [5.74, 6) is 0.657. The van der Waals surface area contributed by atoms with Gasteiger partial charge < -0.3 is 34.6 Å². The van der Waals surface area contributed by atoms with Crippen LogP contribution >= 0.6 is 0 Å². The quantitative estimate of drug-likeness (QED) is 0.296. The van der Waals surface area contributed by atoms with Gasteiger partial charge in [-0.15, -0.1) is 0 Å². The molecule has 44 heavy (non-hydrogen) atoms. The van der Waals surface area contributed by atoms with Crippen LogP contribution in [0.4, 0.5) is 0 Å². The van der Waals surface area contributed by atoms with Crippen molar-refractivity contribution >= 4 is 18.1 Å². The maximum Gasteiger partial charge on any atom is 0.247 e. The van der Waals surface area contributed by atoms with Crippen LogP contribution in [0, 0.1) is 5.92 Å². The Labute approximate surface area is 258 Å². The molecule has 1 saturated carbocycles. The third kappa shape index (κ3) is 6.61. The topological polar surface area (TPSA) is 135 Å². The van der Waals surface area contributed by atoms with Crippen molar-refractivity contribution in [1.82, 2.24) is 10.2 Å². The number of amides is 2. The van der Waals surface area contributed by atoms with Gasteiger partial charge in [0.1, 0.15) is 24.2 Å². The number of benzene rings is 2. The van der Waals surface area contributed by atoms with E-state index in [1.807, 2.05) is 24.3 Å². The molecule has 0 aromatic heterocycles. The highest BCUT2D eigenvalue weighted by molar-refractivity contribution is 5.96. The van der Waals surface area contributed by atoms with Crippen LogP contribution in [-0.2, 0) is 16.0 Å². The number of methoxy groups -OCH3 is 2. The smallest absolute Gasteiger partial charge is 0.247 e. The molecule has 2 amide bonds. The van der Waals surface area contributed by atoms with Gasteiger partial charge >= 0.3 is 0 Å². The summed E-state index contributed by atoms with van der Waals surface area (Å²) in [5.41, 5.74) is 2.17. The first kappa shape index (κ1) is 31.5. The molecule has 2 aromatic carbocycles. The number of hydrogen-bond donors (Lipinski definition) is 3. The highest BCUT2D eigenvalue weighted by Crippen LogP contribution is 2.51. The summed E-state index contributed by atoms with van der Waals surface area (Å²) in [4.78, 5) is 40.9. The third-order valence-corrected chi connectivity index (χ3v) is 9.11. The van der Waals surface area contributed by atoms with Crippen molar-refractivity contribution in [2.24, 2.45) is 5.92 Å². The molecule has 4 atom stereocenters. The minimum absolute atomic E-state index is 0.0338. The van der Waals surface area contributed by atoms with Gasteiger partial charge in [-0.05, 0) is 54.7 Å². The van der Waals surface area contributed by atoms with E-state index in [1.54, 1.807) is 30.2 Å². The van der Waals surface area contributed by atoms with Crippen LogP contribution < -0.4 is 19.5 Å². The Morgan fingerprint density at radius 2 is 1.93 bits per heavy atom. The van der Waals surface area contributed by atoms with Gasteiger partial charge in [0.05, 0.1) is 32.8 Å². The van der Waals surface area contributed by atoms with Gasteiger partial charge in [0.15, 0.2) is 11.5 Å². The summed E-state index contributed by atoms with van der Waals surface area (Å²) in [7, 11) is 3.07. The molecule has 0 spiro atoms. The van der Waals surface area contributed by atoms with E-state index in [4.69, 9.17) is 14.2 Å². The van der Waals surface area contributed by atoms with E-state index in [0.29, 0.717) is 65.5 Å². The number of rotatable bonds is 13. The molecule has 0 bridgehead atoms. The predicted molar refractivity (Wildman–Crippen MR) is 163 cm³/mol. The number of aliphatic hydroxyl groups is 2. The van der Waals surface area contributed by atoms with Crippen LogP contribution in [0.2, 0.25) is 0 Å². The SMILES string of the molecule is COc1cccc(CCN(C(=O)CCC2CCCC2)[C@@H]2C=C(C(=O)NCCO)[C@@H]3c4cc(C=O)cc(OC)c4O[C@@H]3[C@H]2O)c1. The van der Waals surface area contributed by atoms with Crippen molar-refractivity contribution in [1.29, 1.82) is 0 Å². The second kappa shape index (κ2) is 14.3. The lowest BCUT2D eigenvalue weighted by Gasteiger charge is -2.41. The Balaban J connectivity index is 1.51. The number of carbonyl (C=O) groups excluding carboxylic acids is 3. The van der Waals surface area contributed by atoms with Gasteiger partial charge in [0.2, 0.25) is 11.8 Å². The Morgan fingerprint density at radius 1 is 1.14 bits per heavy atom. The summed E-state index contributed by atoms with van der Waals surface area (Å²) >= 11 is 0. The van der Waals surface area contributed by atoms with E-state index >= 15 is 0 Å². The number of hydrogen-bond acceptors (Lipinski definition) is 8. The number of aldehydes is 1. The fourth-order valence-electron chi connectivity index (χ4n) is 6.85. The third-order valence-electron chi connectivity index (χ3n) is 9.11. The van der Waals surface area contributed by atoms with Crippen molar-refractivity contribution in [2.45, 2.75) is 69.1 Å². The van der Waals surface area contributed by atoms with Gasteiger partial charge in [0.25, 0.3) is 0 Å². The molecule has 0 unspecified atom stereocenters. The van der Waals surface area contributed by atoms with Gasteiger partial charge in [-0.1, -0.05) is 37.8 Å². The first-order valence-corrected chi connectivity index (χ1v) is 15.4. The van der Waals surface area contributed by atoms with Crippen LogP contribution in [0.15, 0.2) is 48.0 Å². The van der Waals surface area contributed by atoms with Crippen LogP contribution in [0.5, 0.6) is 17.2 Å². The van der Waals surface area contributed by atoms with Crippen LogP contribution in [-0.4, -0.2) is 85.4 Å². The predicted octanol–water partition coefficient (Wildman–Crippen LogP) is 3.18. The molecule has 1 fully saturated rings. The number of nitrogens with zero attached hydrogens (tertiary/aromatic N) is 1. The zero-order valence-corrected chi connectivity index (χ0v) is 25.4. The molecule has 5 rings (SSSR count). The monoisotopic (exact) mass is 606 g/mol. The zero-order chi connectivity index (χ0) is 31.2. The lowest BCUT2D eigenvalue weighted by Crippen LogP contribution is -2.56. The summed E-state index contributed by atoms with van der Waals surface area (Å²) in [6.45, 7) is 0.0944. The number of fused-ring (bicyclic) bond motifs is 3. The molecule has 10 heteroatoms. The molecule has 0 radical (unpaired) electrons. The van der Waals surface area contributed by atoms with Crippen molar-refractivity contribution in [3.8, 4) is 17.2 Å². The minimum atomic E-state index is -1.17. The lowest BCUT2D eigenvalue weighted by molar-refractivity contribution is -0.137. The number of ether oxygens (including phenoxy) is 3. The fourth-order valence-corrected chi connectivity index (χ4v) is 6.85. The van der Waals surface area contributed by atoms with Crippen molar-refractivity contribution in [3.63, 3.8) is 0 Å². The van der Waals surface area contributed by atoms with Crippen LogP contribution in [0.1, 0.15) is 65.9 Å². The first-order chi connectivity index (χ1) is 21.4. The molecule has 3 aliphatic rings. The zero-order valence-electron chi connectivity index (χ0n) is 25.4. The summed E-state index contributed by atoms with van der Waals surface area (Å²) in [5, 5.41) is 24.0. The number of carbonyl (C=O) groups is 3. The summed E-state index contributed by atoms with van der Waals surface area (Å²) < 4.78 is 17.2. The van der Waals surface area contributed by atoms with E-state index in [2.05, 4.69) is 5.32 Å². The van der Waals surface area contributed by atoms with Crippen LogP contribution in [0.3, 0.4) is 0 Å². The number of nitrogens with one attached hydrogen (secondary N) is 1. The highest BCUT2D eigenvalue weighted by atomic mass is 16.5.